The van der Waals surface area contributed by atoms with Crippen molar-refractivity contribution in [2.24, 2.45) is 21.7 Å². The highest BCUT2D eigenvalue weighted by atomic mass is 35.5. The van der Waals surface area contributed by atoms with E-state index in [4.69, 9.17) is 17.3 Å². The number of nitrogens with zero attached hydrogens (tertiary/aromatic N) is 3. The van der Waals surface area contributed by atoms with Gasteiger partial charge in [0.1, 0.15) is 5.75 Å². The van der Waals surface area contributed by atoms with Crippen molar-refractivity contribution in [3.05, 3.63) is 58.6 Å². The molecule has 0 saturated heterocycles. The van der Waals surface area contributed by atoms with E-state index in [-0.39, 0.29) is 28.3 Å². The molecule has 142 valence electrons. The quantitative estimate of drug-likeness (QED) is 0.585. The Morgan fingerprint density at radius 3 is 2.56 bits per heavy atom. The Balaban J connectivity index is 1.85. The molecule has 0 bridgehead atoms. The van der Waals surface area contributed by atoms with Crippen molar-refractivity contribution in [1.29, 1.82) is 0 Å². The lowest BCUT2D eigenvalue weighted by molar-refractivity contribution is -0.137. The Bertz CT molecular complexity index is 910. The molecule has 0 saturated carbocycles. The summed E-state index contributed by atoms with van der Waals surface area (Å²) < 4.78 is 37.9. The number of aromatic hydroxyl groups is 1. The van der Waals surface area contributed by atoms with Gasteiger partial charge in [-0.1, -0.05) is 24.6 Å². The standard InChI is InChI=1S/C18H16ClF3N4O/c1-10-9-26(25-15(10)13-3-2-4-14(19)16(13)27)17(23)24-12-7-5-11(6-8-12)18(20,21)22/h2-8,10,27H,9H2,1H3,(H2,23,24). The van der Waals surface area contributed by atoms with Gasteiger partial charge in [0, 0.05) is 11.5 Å². The van der Waals surface area contributed by atoms with Gasteiger partial charge in [0.05, 0.1) is 28.5 Å². The van der Waals surface area contributed by atoms with Gasteiger partial charge in [0.2, 0.25) is 5.96 Å². The summed E-state index contributed by atoms with van der Waals surface area (Å²) in [6, 6.07) is 9.33. The number of phenolic OH excluding ortho intramolecular Hbond substituents is 1. The molecule has 3 rings (SSSR count). The number of alkyl halides is 3. The average Bonchev–Trinajstić information content (AvgIpc) is 2.99. The number of hydrazone groups is 1. The summed E-state index contributed by atoms with van der Waals surface area (Å²) in [6.07, 6.45) is -4.41. The van der Waals surface area contributed by atoms with E-state index in [1.165, 1.54) is 17.1 Å². The SMILES string of the molecule is CC1CN(C(N)=Nc2ccc(C(F)(F)F)cc2)N=C1c1cccc(Cl)c1O. The van der Waals surface area contributed by atoms with Crippen molar-refractivity contribution in [3.63, 3.8) is 0 Å². The number of nitrogens with two attached hydrogens (primary N) is 1. The maximum atomic E-state index is 12.6. The molecule has 2 aromatic rings. The van der Waals surface area contributed by atoms with Crippen LogP contribution in [0.4, 0.5) is 18.9 Å². The zero-order valence-corrected chi connectivity index (χ0v) is 15.0. The zero-order chi connectivity index (χ0) is 19.8. The molecular formula is C18H16ClF3N4O. The lowest BCUT2D eigenvalue weighted by atomic mass is 9.99. The second kappa shape index (κ2) is 7.11. The number of phenols is 1. The van der Waals surface area contributed by atoms with Crippen LogP contribution in [-0.4, -0.2) is 28.3 Å². The summed E-state index contributed by atoms with van der Waals surface area (Å²) in [6.45, 7) is 2.32. The first kappa shape index (κ1) is 19.0. The second-order valence-corrected chi connectivity index (χ2v) is 6.53. The number of halogens is 4. The van der Waals surface area contributed by atoms with Crippen molar-refractivity contribution in [1.82, 2.24) is 5.01 Å². The third-order valence-corrected chi connectivity index (χ3v) is 4.41. The number of aliphatic imine (C=N–C) groups is 1. The molecule has 1 aliphatic heterocycles. The third kappa shape index (κ3) is 4.00. The number of para-hydroxylation sites is 1. The minimum absolute atomic E-state index is 0.0399. The molecule has 3 N–H and O–H groups in total. The fraction of sp³-hybridized carbons (Fsp3) is 0.222. The van der Waals surface area contributed by atoms with Crippen LogP contribution < -0.4 is 5.73 Å². The fourth-order valence-electron chi connectivity index (χ4n) is 2.72. The summed E-state index contributed by atoms with van der Waals surface area (Å²) in [5, 5.41) is 16.2. The topological polar surface area (TPSA) is 74.2 Å². The number of guanidine groups is 1. The smallest absolute Gasteiger partial charge is 0.416 e. The lowest BCUT2D eigenvalue weighted by Gasteiger charge is -2.13. The summed E-state index contributed by atoms with van der Waals surface area (Å²) >= 11 is 5.94. The molecule has 1 heterocycles. The van der Waals surface area contributed by atoms with Crippen LogP contribution in [0.5, 0.6) is 5.75 Å². The van der Waals surface area contributed by atoms with Crippen LogP contribution in [0.2, 0.25) is 5.02 Å². The van der Waals surface area contributed by atoms with E-state index < -0.39 is 11.7 Å². The highest BCUT2D eigenvalue weighted by Crippen LogP contribution is 2.32. The Hall–Kier alpha value is -2.74. The van der Waals surface area contributed by atoms with Crippen LogP contribution in [0.15, 0.2) is 52.6 Å². The summed E-state index contributed by atoms with van der Waals surface area (Å²) in [4.78, 5) is 4.12. The molecule has 1 aliphatic rings. The van der Waals surface area contributed by atoms with Crippen LogP contribution in [0.3, 0.4) is 0 Å². The summed E-state index contributed by atoms with van der Waals surface area (Å²) in [7, 11) is 0. The van der Waals surface area contributed by atoms with Crippen molar-refractivity contribution >= 4 is 29.0 Å². The minimum atomic E-state index is -4.41. The molecular weight excluding hydrogens is 381 g/mol. The van der Waals surface area contributed by atoms with Gasteiger partial charge in [-0.3, -0.25) is 0 Å². The van der Waals surface area contributed by atoms with E-state index in [1.807, 2.05) is 6.92 Å². The minimum Gasteiger partial charge on any atom is -0.506 e. The van der Waals surface area contributed by atoms with Gasteiger partial charge in [-0.2, -0.15) is 18.3 Å². The molecule has 27 heavy (non-hydrogen) atoms. The van der Waals surface area contributed by atoms with E-state index in [0.29, 0.717) is 17.8 Å². The third-order valence-electron chi connectivity index (χ3n) is 4.11. The summed E-state index contributed by atoms with van der Waals surface area (Å²) in [5.41, 5.74) is 6.58. The largest absolute Gasteiger partial charge is 0.506 e. The first-order valence-corrected chi connectivity index (χ1v) is 8.40. The van der Waals surface area contributed by atoms with Gasteiger partial charge in [-0.25, -0.2) is 10.0 Å². The summed E-state index contributed by atoms with van der Waals surface area (Å²) in [5.74, 6) is -0.0845. The van der Waals surface area contributed by atoms with Crippen LogP contribution in [0.1, 0.15) is 18.1 Å². The molecule has 0 aliphatic carbocycles. The van der Waals surface area contributed by atoms with Crippen LogP contribution in [-0.2, 0) is 6.18 Å². The molecule has 2 aromatic carbocycles. The van der Waals surface area contributed by atoms with Crippen molar-refractivity contribution in [2.75, 3.05) is 6.54 Å². The van der Waals surface area contributed by atoms with E-state index in [1.54, 1.807) is 18.2 Å². The molecule has 1 atom stereocenters. The van der Waals surface area contributed by atoms with Crippen molar-refractivity contribution in [3.8, 4) is 5.75 Å². The first-order valence-electron chi connectivity index (χ1n) is 8.02. The highest BCUT2D eigenvalue weighted by Gasteiger charge is 2.30. The first-order chi connectivity index (χ1) is 12.7. The average molecular weight is 397 g/mol. The fourth-order valence-corrected chi connectivity index (χ4v) is 2.89. The van der Waals surface area contributed by atoms with E-state index >= 15 is 0 Å². The lowest BCUT2D eigenvalue weighted by Crippen LogP contribution is -2.32. The predicted octanol–water partition coefficient (Wildman–Crippen LogP) is 4.37. The molecule has 0 amide bonds. The molecule has 0 fully saturated rings. The van der Waals surface area contributed by atoms with Gasteiger partial charge in [0.25, 0.3) is 0 Å². The zero-order valence-electron chi connectivity index (χ0n) is 14.2. The molecule has 0 radical (unpaired) electrons. The van der Waals surface area contributed by atoms with E-state index in [0.717, 1.165) is 12.1 Å². The Morgan fingerprint density at radius 1 is 1.26 bits per heavy atom. The molecule has 9 heteroatoms. The molecule has 0 aromatic heterocycles. The number of hydrogen-bond donors (Lipinski definition) is 2. The number of rotatable bonds is 2. The molecule has 1 unspecified atom stereocenters. The highest BCUT2D eigenvalue weighted by molar-refractivity contribution is 6.32. The Kier molecular flexibility index (Phi) is 5.01. The van der Waals surface area contributed by atoms with Crippen LogP contribution in [0.25, 0.3) is 0 Å². The van der Waals surface area contributed by atoms with Crippen molar-refractivity contribution in [2.45, 2.75) is 13.1 Å². The maximum Gasteiger partial charge on any atom is 0.416 e. The van der Waals surface area contributed by atoms with Gasteiger partial charge in [-0.15, -0.1) is 0 Å². The Labute approximate surface area is 158 Å². The van der Waals surface area contributed by atoms with Crippen LogP contribution in [0, 0.1) is 5.92 Å². The van der Waals surface area contributed by atoms with Gasteiger partial charge >= 0.3 is 6.18 Å². The van der Waals surface area contributed by atoms with Gasteiger partial charge in [-0.05, 0) is 36.4 Å². The van der Waals surface area contributed by atoms with Crippen molar-refractivity contribution < 1.29 is 18.3 Å². The van der Waals surface area contributed by atoms with E-state index in [9.17, 15) is 18.3 Å². The second-order valence-electron chi connectivity index (χ2n) is 6.12. The van der Waals surface area contributed by atoms with Crippen LogP contribution >= 0.6 is 11.6 Å². The number of hydrogen-bond acceptors (Lipinski definition) is 3. The van der Waals surface area contributed by atoms with E-state index in [2.05, 4.69) is 10.1 Å². The normalized spacial score (nSPS) is 18.0. The molecule has 0 spiro atoms. The maximum absolute atomic E-state index is 12.6. The Morgan fingerprint density at radius 2 is 1.93 bits per heavy atom. The predicted molar refractivity (Wildman–Crippen MR) is 98.3 cm³/mol. The monoisotopic (exact) mass is 396 g/mol. The van der Waals surface area contributed by atoms with Gasteiger partial charge in [0.15, 0.2) is 0 Å². The number of benzene rings is 2. The molecule has 5 nitrogen and oxygen atoms in total. The van der Waals surface area contributed by atoms with Gasteiger partial charge < -0.3 is 10.8 Å².